The number of phenolic OH excluding ortho intramolecular Hbond substituents is 1. The summed E-state index contributed by atoms with van der Waals surface area (Å²) >= 11 is 0. The quantitative estimate of drug-likeness (QED) is 0.166. The molecule has 268 valence electrons. The Hall–Kier alpha value is -2.71. The van der Waals surface area contributed by atoms with Gasteiger partial charge in [-0.15, -0.1) is 0 Å². The summed E-state index contributed by atoms with van der Waals surface area (Å²) in [6, 6.07) is 12.9. The van der Waals surface area contributed by atoms with Crippen LogP contribution in [-0.2, 0) is 18.3 Å². The number of aliphatic hydroxyl groups excluding tert-OH is 1. The lowest BCUT2D eigenvalue weighted by Gasteiger charge is -2.37. The molecule has 0 saturated carbocycles. The summed E-state index contributed by atoms with van der Waals surface area (Å²) < 4.78 is 27.2. The number of carbonyl (C=O) groups is 2. The van der Waals surface area contributed by atoms with Crippen LogP contribution in [0.3, 0.4) is 0 Å². The standard InChI is InChI=1S/C18H30O4Si.C10H24O2Si.C8H8O3/c1-8-15(13-21-23(6,7)18(2,3)4)22-16-11-9-14(10-12-16)17(19)20-5;1-7-9(11)8-12-13(5,6)10(2,3)4;1-11-8(10)6-2-4-7(9)5-3-6/h9-12,15H,8,13H2,1-7H3;9,11H,7-8H2,1-6H3;2-5,9H,1H3. The van der Waals surface area contributed by atoms with E-state index < -0.39 is 22.6 Å². The average Bonchev–Trinajstić information content (AvgIpc) is 3.01. The SMILES string of the molecule is CCC(CO[Si](C)(C)C(C)(C)C)Oc1ccc(C(=O)OC)cc1.CCC(O)CO[Si](C)(C)C(C)(C)C.COC(=O)c1ccc(O)cc1. The van der Waals surface area contributed by atoms with Gasteiger partial charge in [0.15, 0.2) is 16.6 Å². The summed E-state index contributed by atoms with van der Waals surface area (Å²) in [5.74, 6) is 0.135. The Balaban J connectivity index is 0.000000744. The van der Waals surface area contributed by atoms with Crippen LogP contribution >= 0.6 is 0 Å². The van der Waals surface area contributed by atoms with E-state index in [0.717, 1.165) is 18.6 Å². The molecule has 0 fully saturated rings. The van der Waals surface area contributed by atoms with Crippen LogP contribution in [0.25, 0.3) is 0 Å². The number of rotatable bonds is 12. The Kier molecular flexibility index (Phi) is 18.8. The summed E-state index contributed by atoms with van der Waals surface area (Å²) in [6.07, 6.45) is 1.35. The zero-order chi connectivity index (χ0) is 36.6. The summed E-state index contributed by atoms with van der Waals surface area (Å²) in [6.45, 7) is 27.3. The van der Waals surface area contributed by atoms with E-state index in [9.17, 15) is 14.7 Å². The van der Waals surface area contributed by atoms with E-state index in [2.05, 4.69) is 79.4 Å². The molecular formula is C36H62O9Si2. The van der Waals surface area contributed by atoms with Crippen molar-refractivity contribution in [3.05, 3.63) is 59.7 Å². The third-order valence-electron chi connectivity index (χ3n) is 8.67. The fraction of sp³-hybridized carbons (Fsp3) is 0.611. The van der Waals surface area contributed by atoms with Gasteiger partial charge >= 0.3 is 11.9 Å². The molecule has 0 aliphatic heterocycles. The largest absolute Gasteiger partial charge is 0.508 e. The third kappa shape index (κ3) is 16.3. The lowest BCUT2D eigenvalue weighted by Crippen LogP contribution is -2.43. The van der Waals surface area contributed by atoms with Crippen molar-refractivity contribution in [2.24, 2.45) is 0 Å². The van der Waals surface area contributed by atoms with Gasteiger partial charge in [-0.3, -0.25) is 0 Å². The first-order valence-corrected chi connectivity index (χ1v) is 22.0. The van der Waals surface area contributed by atoms with E-state index in [-0.39, 0.29) is 34.0 Å². The van der Waals surface area contributed by atoms with Gasteiger partial charge in [-0.2, -0.15) is 0 Å². The fourth-order valence-electron chi connectivity index (χ4n) is 3.09. The van der Waals surface area contributed by atoms with Gasteiger partial charge in [0.1, 0.15) is 17.6 Å². The first-order valence-electron chi connectivity index (χ1n) is 16.2. The van der Waals surface area contributed by atoms with Gasteiger partial charge in [-0.25, -0.2) is 9.59 Å². The Morgan fingerprint density at radius 1 is 0.681 bits per heavy atom. The number of benzene rings is 2. The van der Waals surface area contributed by atoms with Gasteiger partial charge in [-0.05, 0) is 97.6 Å². The minimum Gasteiger partial charge on any atom is -0.508 e. The monoisotopic (exact) mass is 694 g/mol. The van der Waals surface area contributed by atoms with Crippen molar-refractivity contribution in [3.8, 4) is 11.5 Å². The highest BCUT2D eigenvalue weighted by atomic mass is 28.4. The van der Waals surface area contributed by atoms with E-state index in [1.54, 1.807) is 24.3 Å². The second kappa shape index (κ2) is 20.0. The lowest BCUT2D eigenvalue weighted by molar-refractivity contribution is 0.0591. The maximum atomic E-state index is 11.4. The van der Waals surface area contributed by atoms with Crippen LogP contribution in [0.5, 0.6) is 11.5 Å². The van der Waals surface area contributed by atoms with E-state index in [1.807, 2.05) is 6.92 Å². The van der Waals surface area contributed by atoms with Crippen LogP contribution in [0, 0.1) is 0 Å². The Labute approximate surface area is 286 Å². The van der Waals surface area contributed by atoms with E-state index in [0.29, 0.717) is 24.3 Å². The van der Waals surface area contributed by atoms with Crippen molar-refractivity contribution in [2.45, 2.75) is 117 Å². The average molecular weight is 695 g/mol. The highest BCUT2D eigenvalue weighted by Crippen LogP contribution is 2.37. The molecule has 2 aromatic rings. The van der Waals surface area contributed by atoms with E-state index in [1.165, 1.54) is 38.5 Å². The van der Waals surface area contributed by atoms with E-state index in [4.69, 9.17) is 23.4 Å². The zero-order valence-electron chi connectivity index (χ0n) is 31.4. The summed E-state index contributed by atoms with van der Waals surface area (Å²) in [5.41, 5.74) is 0.954. The smallest absolute Gasteiger partial charge is 0.337 e. The van der Waals surface area contributed by atoms with Crippen molar-refractivity contribution >= 4 is 28.6 Å². The predicted molar refractivity (Wildman–Crippen MR) is 195 cm³/mol. The second-order valence-electron chi connectivity index (χ2n) is 14.4. The number of methoxy groups -OCH3 is 2. The molecule has 2 aromatic carbocycles. The topological polar surface area (TPSA) is 121 Å². The first kappa shape index (κ1) is 44.3. The molecule has 0 aromatic heterocycles. The van der Waals surface area contributed by atoms with Gasteiger partial charge in [0.05, 0.1) is 44.7 Å². The molecule has 0 heterocycles. The molecule has 0 amide bonds. The minimum atomic E-state index is -1.77. The van der Waals surface area contributed by atoms with Crippen molar-refractivity contribution in [3.63, 3.8) is 0 Å². The molecule has 0 bridgehead atoms. The summed E-state index contributed by atoms with van der Waals surface area (Å²) in [5, 5.41) is 18.7. The maximum Gasteiger partial charge on any atom is 0.337 e. The number of esters is 2. The number of aliphatic hydroxyl groups is 1. The number of hydrogen-bond acceptors (Lipinski definition) is 9. The second-order valence-corrected chi connectivity index (χ2v) is 24.0. The fourth-order valence-corrected chi connectivity index (χ4v) is 5.16. The van der Waals surface area contributed by atoms with Gasteiger partial charge in [0, 0.05) is 0 Å². The van der Waals surface area contributed by atoms with Crippen LogP contribution < -0.4 is 4.74 Å². The Bertz CT molecular complexity index is 1180. The Morgan fingerprint density at radius 3 is 1.40 bits per heavy atom. The lowest BCUT2D eigenvalue weighted by atomic mass is 10.2. The van der Waals surface area contributed by atoms with Crippen LogP contribution in [0.1, 0.15) is 88.9 Å². The van der Waals surface area contributed by atoms with Crippen LogP contribution in [0.4, 0.5) is 0 Å². The molecule has 0 aliphatic rings. The molecule has 47 heavy (non-hydrogen) atoms. The normalized spacial score (nSPS) is 13.2. The molecule has 2 unspecified atom stereocenters. The molecule has 2 rings (SSSR count). The third-order valence-corrected chi connectivity index (χ3v) is 17.7. The van der Waals surface area contributed by atoms with Crippen molar-refractivity contribution in [1.29, 1.82) is 0 Å². The Morgan fingerprint density at radius 2 is 1.06 bits per heavy atom. The minimum absolute atomic E-state index is 0.00750. The number of hydrogen-bond donors (Lipinski definition) is 2. The molecule has 0 saturated heterocycles. The van der Waals surface area contributed by atoms with Crippen molar-refractivity contribution in [2.75, 3.05) is 27.4 Å². The molecule has 0 radical (unpaired) electrons. The first-order chi connectivity index (χ1) is 21.5. The number of carbonyl (C=O) groups excluding carboxylic acids is 2. The maximum absolute atomic E-state index is 11.4. The molecule has 2 atom stereocenters. The molecule has 2 N–H and O–H groups in total. The molecule has 9 nitrogen and oxygen atoms in total. The molecule has 11 heteroatoms. The van der Waals surface area contributed by atoms with E-state index >= 15 is 0 Å². The number of phenols is 1. The van der Waals surface area contributed by atoms with Gasteiger partial charge in [-0.1, -0.05) is 55.4 Å². The van der Waals surface area contributed by atoms with Crippen molar-refractivity contribution in [1.82, 2.24) is 0 Å². The molecule has 0 aliphatic carbocycles. The van der Waals surface area contributed by atoms with Crippen molar-refractivity contribution < 1.29 is 42.9 Å². The summed E-state index contributed by atoms with van der Waals surface area (Å²) in [4.78, 5) is 22.3. The number of ether oxygens (including phenoxy) is 3. The highest BCUT2D eigenvalue weighted by Gasteiger charge is 2.38. The van der Waals surface area contributed by atoms with Crippen LogP contribution in [0.2, 0.25) is 36.3 Å². The van der Waals surface area contributed by atoms with Crippen LogP contribution in [-0.4, -0.2) is 78.4 Å². The highest BCUT2D eigenvalue weighted by molar-refractivity contribution is 6.74. The number of aromatic hydroxyl groups is 1. The van der Waals surface area contributed by atoms with Crippen LogP contribution in [0.15, 0.2) is 48.5 Å². The van der Waals surface area contributed by atoms with Gasteiger partial charge < -0.3 is 33.3 Å². The predicted octanol–water partition coefficient (Wildman–Crippen LogP) is 8.61. The molecule has 0 spiro atoms. The van der Waals surface area contributed by atoms with Gasteiger partial charge in [0.25, 0.3) is 0 Å². The molecular weight excluding hydrogens is 633 g/mol. The van der Waals surface area contributed by atoms with Gasteiger partial charge in [0.2, 0.25) is 0 Å². The summed E-state index contributed by atoms with van der Waals surface area (Å²) in [7, 11) is -0.727. The zero-order valence-corrected chi connectivity index (χ0v) is 33.4.